The van der Waals surface area contributed by atoms with E-state index in [0.29, 0.717) is 0 Å². The minimum Gasteiger partial charge on any atom is -1.00 e. The molecule has 0 saturated carbocycles. The first-order chi connectivity index (χ1) is 14.4. The van der Waals surface area contributed by atoms with E-state index in [4.69, 9.17) is 53.6 Å². The van der Waals surface area contributed by atoms with E-state index in [1.54, 1.807) is 0 Å². The summed E-state index contributed by atoms with van der Waals surface area (Å²) in [6.07, 6.45) is -0.0932. The minimum absolute atomic E-state index is 0. The first kappa shape index (κ1) is 83.3. The molecular formula is C10H18Br4N12Na4O8. The second-order valence-electron chi connectivity index (χ2n) is 3.11. The summed E-state index contributed by atoms with van der Waals surface area (Å²) in [7, 11) is 0. The molecule has 38 heavy (non-hydrogen) atoms. The number of carboxylic acids is 4. The third kappa shape index (κ3) is 244. The van der Waals surface area contributed by atoms with Crippen molar-refractivity contribution in [2.75, 3.05) is 23.7 Å². The SMILES string of the molecule is C.O=C(O)CBr.O=C(O)CBr.[Br-].[Br-].[N-]=[N+]=NCC(=O)O.[N-]=[N+]=NCCC(=O)O.[N-]=[N+]=[N-].[N-]=[N+]=[N-].[Na+].[Na+].[Na+].[Na+]. The maximum atomic E-state index is 9.69. The molecule has 0 saturated heterocycles. The number of hydrogen-bond acceptors (Lipinski definition) is 6. The van der Waals surface area contributed by atoms with Gasteiger partial charge in [0.25, 0.3) is 0 Å². The summed E-state index contributed by atoms with van der Waals surface area (Å²) in [6, 6.07) is 0. The molecule has 0 aromatic rings. The van der Waals surface area contributed by atoms with Crippen molar-refractivity contribution >= 4 is 55.7 Å². The molecule has 0 fully saturated rings. The number of rotatable bonds is 7. The fourth-order valence-corrected chi connectivity index (χ4v) is 0.282. The van der Waals surface area contributed by atoms with E-state index in [2.05, 4.69) is 51.9 Å². The van der Waals surface area contributed by atoms with Crippen LogP contribution in [0.15, 0.2) is 10.2 Å². The summed E-state index contributed by atoms with van der Waals surface area (Å²) in [5.74, 6) is -3.72. The number of nitrogens with zero attached hydrogens (tertiary/aromatic N) is 12. The molecule has 0 aliphatic rings. The van der Waals surface area contributed by atoms with E-state index in [9.17, 15) is 19.2 Å². The fourth-order valence-electron chi connectivity index (χ4n) is 0.282. The van der Waals surface area contributed by atoms with E-state index < -0.39 is 30.4 Å². The van der Waals surface area contributed by atoms with Crippen LogP contribution >= 0.6 is 31.9 Å². The average Bonchev–Trinajstić information content (AvgIpc) is 2.69. The van der Waals surface area contributed by atoms with Gasteiger partial charge in [-0.1, -0.05) is 49.5 Å². The van der Waals surface area contributed by atoms with E-state index in [1.807, 2.05) is 0 Å². The quantitative estimate of drug-likeness (QED) is 0.0625. The molecule has 0 atom stereocenters. The van der Waals surface area contributed by atoms with Crippen molar-refractivity contribution in [2.24, 2.45) is 10.2 Å². The smallest absolute Gasteiger partial charge is 1.00 e. The number of halogens is 4. The normalized spacial score (nSPS) is 5.21. The second kappa shape index (κ2) is 90.3. The number of carbonyl (C=O) groups is 4. The Morgan fingerprint density at radius 2 is 0.842 bits per heavy atom. The topological polar surface area (TPSA) is 364 Å². The molecule has 0 radical (unpaired) electrons. The van der Waals surface area contributed by atoms with Crippen LogP contribution in [0.3, 0.4) is 0 Å². The Balaban J connectivity index is -0.0000000178. The van der Waals surface area contributed by atoms with E-state index >= 15 is 0 Å². The molecular weight excluding hydrogens is 828 g/mol. The summed E-state index contributed by atoms with van der Waals surface area (Å²) in [4.78, 5) is 45.4. The van der Waals surface area contributed by atoms with Gasteiger partial charge in [-0.2, -0.15) is 0 Å². The van der Waals surface area contributed by atoms with Crippen LogP contribution in [0.1, 0.15) is 13.8 Å². The maximum Gasteiger partial charge on any atom is 1.00 e. The minimum atomic E-state index is -1.11. The Bertz CT molecular complexity index is 664. The van der Waals surface area contributed by atoms with Gasteiger partial charge in [0.15, 0.2) is 0 Å². The molecule has 0 unspecified atom stereocenters. The third-order valence-corrected chi connectivity index (χ3v) is 1.95. The van der Waals surface area contributed by atoms with Crippen molar-refractivity contribution in [2.45, 2.75) is 13.8 Å². The molecule has 198 valence electrons. The number of alkyl halides is 2. The van der Waals surface area contributed by atoms with E-state index in [1.165, 1.54) is 9.82 Å². The molecule has 0 spiro atoms. The van der Waals surface area contributed by atoms with Gasteiger partial charge in [-0.15, -0.1) is 0 Å². The van der Waals surface area contributed by atoms with Gasteiger partial charge in [0.1, 0.15) is 17.2 Å². The molecule has 0 aromatic heterocycles. The standard InChI is InChI=1S/C3H5N3O2.2C2H3BrO2.C2H3N3O2.CH4.2BrH.2N3.4Na/c4-6-5-2-1-3(7)8;2*3-1-2(4)5;3-5-4-1-2(6)7;;;;2*1-3-2;;;;/h1-2H2,(H,7,8);2*1H2,(H,4,5);1H2,(H,6,7);1H4;2*1H;;;;;;/q;;;;;;;2*-1;4*+1/p-2. The van der Waals surface area contributed by atoms with Crippen LogP contribution in [0, 0.1) is 0 Å². The van der Waals surface area contributed by atoms with Crippen LogP contribution in [-0.2, 0) is 19.2 Å². The van der Waals surface area contributed by atoms with Crippen LogP contribution in [0.5, 0.6) is 0 Å². The van der Waals surface area contributed by atoms with Crippen LogP contribution in [-0.4, -0.2) is 68.1 Å². The van der Waals surface area contributed by atoms with Crippen molar-refractivity contribution in [1.29, 1.82) is 0 Å². The van der Waals surface area contributed by atoms with Crippen LogP contribution in [0.4, 0.5) is 0 Å². The number of carboxylic acid groups (broad SMARTS) is 4. The zero-order valence-corrected chi connectivity index (χ0v) is 34.2. The van der Waals surface area contributed by atoms with Crippen LogP contribution in [0.25, 0.3) is 52.8 Å². The van der Waals surface area contributed by atoms with Crippen LogP contribution in [0.2, 0.25) is 0 Å². The first-order valence-electron chi connectivity index (χ1n) is 6.39. The second-order valence-corrected chi connectivity index (χ2v) is 4.24. The molecule has 0 bridgehead atoms. The molecule has 28 heteroatoms. The Morgan fingerprint density at radius 1 is 0.605 bits per heavy atom. The fraction of sp³-hybridized carbons (Fsp3) is 0.600. The Morgan fingerprint density at radius 3 is 0.947 bits per heavy atom. The number of aliphatic carboxylic acids is 4. The molecule has 4 N–H and O–H groups in total. The Kier molecular flexibility index (Phi) is 198. The zero-order chi connectivity index (χ0) is 26.1. The predicted octanol–water partition coefficient (Wildman–Crippen LogP) is -13.5. The largest absolute Gasteiger partial charge is 1.00 e. The van der Waals surface area contributed by atoms with Gasteiger partial charge >= 0.3 is 142 Å². The van der Waals surface area contributed by atoms with Gasteiger partial charge in [-0.25, -0.2) is 0 Å². The van der Waals surface area contributed by atoms with Gasteiger partial charge < -0.3 is 76.5 Å². The Hall–Kier alpha value is 1.04. The molecule has 0 aliphatic heterocycles. The van der Waals surface area contributed by atoms with Gasteiger partial charge in [-0.05, 0) is 11.1 Å². The summed E-state index contributed by atoms with van der Waals surface area (Å²) in [6.45, 7) is -0.442. The number of azide groups is 2. The number of hydrogen-bond donors (Lipinski definition) is 4. The molecule has 0 aliphatic carbocycles. The summed E-state index contributed by atoms with van der Waals surface area (Å²) in [5.41, 5.74) is 42.2. The monoisotopic (exact) mass is 842 g/mol. The van der Waals surface area contributed by atoms with E-state index in [-0.39, 0.29) is 183 Å². The molecule has 0 rings (SSSR count). The molecule has 0 heterocycles. The molecule has 0 aromatic carbocycles. The summed E-state index contributed by atoms with van der Waals surface area (Å²) in [5, 5.41) is 36.9. The van der Waals surface area contributed by atoms with Gasteiger partial charge in [0, 0.05) is 16.4 Å². The summed E-state index contributed by atoms with van der Waals surface area (Å²) < 4.78 is 0. The Labute approximate surface area is 342 Å². The molecule has 20 nitrogen and oxygen atoms in total. The average molecular weight is 846 g/mol. The van der Waals surface area contributed by atoms with Crippen molar-refractivity contribution in [3.8, 4) is 0 Å². The molecule has 0 amide bonds. The zero-order valence-electron chi connectivity index (χ0n) is 19.8. The van der Waals surface area contributed by atoms with Crippen LogP contribution < -0.4 is 152 Å². The van der Waals surface area contributed by atoms with Crippen molar-refractivity contribution < 1.29 is 192 Å². The van der Waals surface area contributed by atoms with Gasteiger partial charge in [0.05, 0.1) is 6.42 Å². The van der Waals surface area contributed by atoms with Crippen molar-refractivity contribution in [3.63, 3.8) is 0 Å². The maximum absolute atomic E-state index is 9.69. The van der Waals surface area contributed by atoms with Gasteiger partial charge in [-0.3, -0.25) is 29.0 Å². The summed E-state index contributed by atoms with van der Waals surface area (Å²) >= 11 is 5.43. The third-order valence-electron chi connectivity index (χ3n) is 0.987. The van der Waals surface area contributed by atoms with Crippen molar-refractivity contribution in [1.82, 2.24) is 0 Å². The first-order valence-corrected chi connectivity index (χ1v) is 8.64. The van der Waals surface area contributed by atoms with Gasteiger partial charge in [0.2, 0.25) is 0 Å². The van der Waals surface area contributed by atoms with Crippen molar-refractivity contribution in [3.05, 3.63) is 52.8 Å². The van der Waals surface area contributed by atoms with E-state index in [0.717, 1.165) is 0 Å². The predicted molar refractivity (Wildman–Crippen MR) is 118 cm³/mol.